The number of hydrogen-bond acceptors (Lipinski definition) is 3. The number of amides is 1. The van der Waals surface area contributed by atoms with E-state index >= 15 is 0 Å². The lowest BCUT2D eigenvalue weighted by Gasteiger charge is -2.17. The molecule has 0 bridgehead atoms. The Labute approximate surface area is 102 Å². The van der Waals surface area contributed by atoms with Crippen molar-refractivity contribution in [1.29, 1.82) is 0 Å². The zero-order valence-corrected chi connectivity index (χ0v) is 11.1. The monoisotopic (exact) mass is 291 g/mol. The molecule has 1 atom stereocenters. The molecular formula is C10H14BrNO2S. The average molecular weight is 292 g/mol. The van der Waals surface area contributed by atoms with Crippen molar-refractivity contribution in [2.24, 2.45) is 0 Å². The van der Waals surface area contributed by atoms with Crippen LogP contribution in [0.5, 0.6) is 0 Å². The molecule has 84 valence electrons. The molecule has 0 saturated heterocycles. The van der Waals surface area contributed by atoms with Gasteiger partial charge in [-0.25, -0.2) is 0 Å². The van der Waals surface area contributed by atoms with Crippen molar-refractivity contribution in [2.75, 3.05) is 13.6 Å². The van der Waals surface area contributed by atoms with Crippen LogP contribution in [0.3, 0.4) is 0 Å². The van der Waals surface area contributed by atoms with Crippen molar-refractivity contribution in [2.45, 2.75) is 19.4 Å². The third-order valence-electron chi connectivity index (χ3n) is 2.04. The Morgan fingerprint density at radius 3 is 2.87 bits per heavy atom. The molecule has 5 heteroatoms. The van der Waals surface area contributed by atoms with E-state index in [1.54, 1.807) is 18.9 Å². The van der Waals surface area contributed by atoms with Gasteiger partial charge in [0.15, 0.2) is 0 Å². The Balaban J connectivity index is 2.57. The highest BCUT2D eigenvalue weighted by atomic mass is 79.9. The highest BCUT2D eigenvalue weighted by molar-refractivity contribution is 9.10. The van der Waals surface area contributed by atoms with Gasteiger partial charge in [-0.2, -0.15) is 0 Å². The van der Waals surface area contributed by atoms with Crippen molar-refractivity contribution < 1.29 is 9.90 Å². The van der Waals surface area contributed by atoms with E-state index in [1.165, 1.54) is 11.3 Å². The zero-order chi connectivity index (χ0) is 11.4. The number of carbonyl (C=O) groups is 1. The maximum Gasteiger partial charge on any atom is 0.264 e. The lowest BCUT2D eigenvalue weighted by atomic mass is 10.2. The summed E-state index contributed by atoms with van der Waals surface area (Å²) in [5.74, 6) is -0.00229. The van der Waals surface area contributed by atoms with Crippen LogP contribution < -0.4 is 0 Å². The summed E-state index contributed by atoms with van der Waals surface area (Å²) in [7, 11) is 1.75. The zero-order valence-electron chi connectivity index (χ0n) is 8.74. The third kappa shape index (κ3) is 3.59. The molecule has 1 aromatic heterocycles. The Hall–Kier alpha value is -0.390. The predicted octanol–water partition coefficient (Wildman–Crippen LogP) is 2.35. The molecule has 0 saturated carbocycles. The summed E-state index contributed by atoms with van der Waals surface area (Å²) in [6.45, 7) is 2.29. The normalized spacial score (nSPS) is 12.5. The van der Waals surface area contributed by atoms with Gasteiger partial charge in [0.1, 0.15) is 4.88 Å². The molecule has 1 heterocycles. The second-order valence-electron chi connectivity index (χ2n) is 3.46. The molecule has 1 amide bonds. The number of thiophene rings is 1. The minimum Gasteiger partial charge on any atom is -0.393 e. The average Bonchev–Trinajstić information content (AvgIpc) is 2.59. The second-order valence-corrected chi connectivity index (χ2v) is 5.23. The summed E-state index contributed by atoms with van der Waals surface area (Å²) >= 11 is 4.75. The summed E-state index contributed by atoms with van der Waals surface area (Å²) in [5.41, 5.74) is 0. The maximum absolute atomic E-state index is 11.9. The van der Waals surface area contributed by atoms with E-state index < -0.39 is 0 Å². The molecule has 15 heavy (non-hydrogen) atoms. The molecule has 0 aliphatic heterocycles. The van der Waals surface area contributed by atoms with E-state index in [4.69, 9.17) is 5.11 Å². The summed E-state index contributed by atoms with van der Waals surface area (Å²) in [6.07, 6.45) is 0.234. The number of nitrogens with zero attached hydrogens (tertiary/aromatic N) is 1. The third-order valence-corrected chi connectivity index (χ3v) is 3.87. The first kappa shape index (κ1) is 12.7. The molecule has 0 spiro atoms. The van der Waals surface area contributed by atoms with Crippen LogP contribution in [0.15, 0.2) is 15.9 Å². The summed E-state index contributed by atoms with van der Waals surface area (Å²) in [5, 5.41) is 11.0. The highest BCUT2D eigenvalue weighted by Gasteiger charge is 2.16. The van der Waals surface area contributed by atoms with Crippen LogP contribution in [-0.2, 0) is 0 Å². The first-order valence-corrected chi connectivity index (χ1v) is 6.36. The number of carbonyl (C=O) groups excluding carboxylic acids is 1. The quantitative estimate of drug-likeness (QED) is 0.925. The fourth-order valence-corrected chi connectivity index (χ4v) is 2.64. The number of halogens is 1. The van der Waals surface area contributed by atoms with Crippen molar-refractivity contribution in [3.8, 4) is 0 Å². The van der Waals surface area contributed by atoms with Gasteiger partial charge in [-0.1, -0.05) is 0 Å². The van der Waals surface area contributed by atoms with E-state index in [-0.39, 0.29) is 12.0 Å². The molecule has 0 fully saturated rings. The summed E-state index contributed by atoms with van der Waals surface area (Å²) in [6, 6.07) is 1.86. The molecule has 1 aromatic rings. The van der Waals surface area contributed by atoms with Crippen molar-refractivity contribution >= 4 is 33.2 Å². The van der Waals surface area contributed by atoms with Crippen LogP contribution in [0, 0.1) is 0 Å². The maximum atomic E-state index is 11.9. The number of rotatable bonds is 4. The fraction of sp³-hybridized carbons (Fsp3) is 0.500. The van der Waals surface area contributed by atoms with Crippen molar-refractivity contribution in [3.05, 3.63) is 20.8 Å². The second kappa shape index (κ2) is 5.63. The predicted molar refractivity (Wildman–Crippen MR) is 65.3 cm³/mol. The van der Waals surface area contributed by atoms with Crippen molar-refractivity contribution in [1.82, 2.24) is 4.90 Å². The SMILES string of the molecule is CC(O)CCN(C)C(=O)c1sccc1Br. The standard InChI is InChI=1S/C10H14BrNO2S/c1-7(13)3-5-12(2)10(14)9-8(11)4-6-15-9/h4,6-7,13H,3,5H2,1-2H3. The topological polar surface area (TPSA) is 40.5 Å². The number of hydrogen-bond donors (Lipinski definition) is 1. The molecule has 0 aliphatic carbocycles. The fourth-order valence-electron chi connectivity index (χ4n) is 1.10. The number of aliphatic hydroxyl groups is 1. The van der Waals surface area contributed by atoms with Crippen LogP contribution >= 0.6 is 27.3 Å². The van der Waals surface area contributed by atoms with Gasteiger partial charge < -0.3 is 10.0 Å². The lowest BCUT2D eigenvalue weighted by Crippen LogP contribution is -2.29. The lowest BCUT2D eigenvalue weighted by molar-refractivity contribution is 0.0773. The van der Waals surface area contributed by atoms with Crippen LogP contribution in [0.1, 0.15) is 23.0 Å². The number of aliphatic hydroxyl groups excluding tert-OH is 1. The first-order chi connectivity index (χ1) is 7.02. The Morgan fingerprint density at radius 2 is 2.40 bits per heavy atom. The molecule has 0 aromatic carbocycles. The van der Waals surface area contributed by atoms with Gasteiger partial charge in [-0.05, 0) is 40.7 Å². The Kier molecular flexibility index (Phi) is 4.76. The van der Waals surface area contributed by atoms with Gasteiger partial charge in [0.25, 0.3) is 5.91 Å². The summed E-state index contributed by atoms with van der Waals surface area (Å²) < 4.78 is 0.835. The molecule has 1 N–H and O–H groups in total. The smallest absolute Gasteiger partial charge is 0.264 e. The van der Waals surface area contributed by atoms with Crippen LogP contribution in [-0.4, -0.2) is 35.6 Å². The Bertz CT molecular complexity index is 338. The van der Waals surface area contributed by atoms with Gasteiger partial charge in [-0.3, -0.25) is 4.79 Å². The van der Waals surface area contributed by atoms with Gasteiger partial charge in [0, 0.05) is 18.1 Å². The van der Waals surface area contributed by atoms with E-state index in [2.05, 4.69) is 15.9 Å². The molecule has 0 aliphatic rings. The summed E-state index contributed by atoms with van der Waals surface area (Å²) in [4.78, 5) is 14.2. The molecule has 3 nitrogen and oxygen atoms in total. The van der Waals surface area contributed by atoms with Crippen LogP contribution in [0.2, 0.25) is 0 Å². The van der Waals surface area contributed by atoms with Gasteiger partial charge in [-0.15, -0.1) is 11.3 Å². The minimum atomic E-state index is -0.368. The van der Waals surface area contributed by atoms with Crippen LogP contribution in [0.25, 0.3) is 0 Å². The largest absolute Gasteiger partial charge is 0.393 e. The van der Waals surface area contributed by atoms with Crippen LogP contribution in [0.4, 0.5) is 0 Å². The van der Waals surface area contributed by atoms with E-state index in [0.717, 1.165) is 4.47 Å². The van der Waals surface area contributed by atoms with Gasteiger partial charge in [0.05, 0.1) is 6.10 Å². The molecule has 1 unspecified atom stereocenters. The van der Waals surface area contributed by atoms with E-state index in [1.807, 2.05) is 11.4 Å². The van der Waals surface area contributed by atoms with E-state index in [9.17, 15) is 4.79 Å². The van der Waals surface area contributed by atoms with E-state index in [0.29, 0.717) is 17.8 Å². The molecule has 1 rings (SSSR count). The Morgan fingerprint density at radius 1 is 1.73 bits per heavy atom. The van der Waals surface area contributed by atoms with Gasteiger partial charge in [0.2, 0.25) is 0 Å². The minimum absolute atomic E-state index is 0.00229. The van der Waals surface area contributed by atoms with Crippen molar-refractivity contribution in [3.63, 3.8) is 0 Å². The highest BCUT2D eigenvalue weighted by Crippen LogP contribution is 2.23. The molecular weight excluding hydrogens is 278 g/mol. The molecule has 0 radical (unpaired) electrons. The first-order valence-electron chi connectivity index (χ1n) is 4.69. The van der Waals surface area contributed by atoms with Gasteiger partial charge >= 0.3 is 0 Å².